The van der Waals surface area contributed by atoms with Gasteiger partial charge in [0, 0.05) is 12.4 Å². The van der Waals surface area contributed by atoms with Crippen molar-refractivity contribution in [3.8, 4) is 0 Å². The summed E-state index contributed by atoms with van der Waals surface area (Å²) in [7, 11) is 0. The first-order valence-electron chi connectivity index (χ1n) is 4.70. The van der Waals surface area contributed by atoms with E-state index < -0.39 is 0 Å². The third kappa shape index (κ3) is 2.48. The zero-order valence-electron chi connectivity index (χ0n) is 8.18. The van der Waals surface area contributed by atoms with E-state index in [2.05, 4.69) is 4.98 Å². The van der Waals surface area contributed by atoms with Gasteiger partial charge >= 0.3 is 0 Å². The zero-order chi connectivity index (χ0) is 10.5. The molecule has 0 unspecified atom stereocenters. The van der Waals surface area contributed by atoms with Crippen LogP contribution in [0.5, 0.6) is 0 Å². The Labute approximate surface area is 93.8 Å². The van der Waals surface area contributed by atoms with Crippen LogP contribution in [0.3, 0.4) is 0 Å². The first-order chi connectivity index (χ1) is 7.40. The minimum atomic E-state index is 0.471. The molecule has 0 saturated heterocycles. The summed E-state index contributed by atoms with van der Waals surface area (Å²) in [5.41, 5.74) is 2.15. The molecular formula is C12H11ClN2. The normalized spacial score (nSPS) is 11.0. The molecule has 0 aliphatic heterocycles. The van der Waals surface area contributed by atoms with Gasteiger partial charge in [-0.2, -0.15) is 0 Å². The number of imidazole rings is 1. The lowest BCUT2D eigenvalue weighted by molar-refractivity contribution is 1.06. The molecule has 0 radical (unpaired) electrons. The van der Waals surface area contributed by atoms with Crippen molar-refractivity contribution < 1.29 is 0 Å². The SMILES string of the molecule is ClCc1cncn1C=Cc1ccccc1. The zero-order valence-corrected chi connectivity index (χ0v) is 8.93. The van der Waals surface area contributed by atoms with Gasteiger partial charge in [-0.1, -0.05) is 30.3 Å². The van der Waals surface area contributed by atoms with Gasteiger partial charge in [-0.3, -0.25) is 0 Å². The Hall–Kier alpha value is -1.54. The van der Waals surface area contributed by atoms with Crippen LogP contribution in [0.1, 0.15) is 11.3 Å². The summed E-state index contributed by atoms with van der Waals surface area (Å²) in [6, 6.07) is 10.1. The topological polar surface area (TPSA) is 17.8 Å². The highest BCUT2D eigenvalue weighted by Gasteiger charge is 1.95. The molecule has 2 aromatic rings. The van der Waals surface area contributed by atoms with Crippen molar-refractivity contribution in [2.24, 2.45) is 0 Å². The van der Waals surface area contributed by atoms with Crippen molar-refractivity contribution in [1.29, 1.82) is 0 Å². The minimum absolute atomic E-state index is 0.471. The van der Waals surface area contributed by atoms with Crippen molar-refractivity contribution in [1.82, 2.24) is 9.55 Å². The molecule has 0 aliphatic rings. The lowest BCUT2D eigenvalue weighted by Gasteiger charge is -1.97. The van der Waals surface area contributed by atoms with Crippen LogP contribution in [0.15, 0.2) is 42.9 Å². The number of hydrogen-bond donors (Lipinski definition) is 0. The molecule has 0 atom stereocenters. The summed E-state index contributed by atoms with van der Waals surface area (Å²) in [6.45, 7) is 0. The van der Waals surface area contributed by atoms with Crippen LogP contribution in [0.4, 0.5) is 0 Å². The minimum Gasteiger partial charge on any atom is -0.309 e. The lowest BCUT2D eigenvalue weighted by Crippen LogP contribution is -1.88. The average molecular weight is 219 g/mol. The van der Waals surface area contributed by atoms with E-state index >= 15 is 0 Å². The molecule has 0 amide bonds. The van der Waals surface area contributed by atoms with Crippen LogP contribution in [0.25, 0.3) is 12.3 Å². The fourth-order valence-corrected chi connectivity index (χ4v) is 1.51. The highest BCUT2D eigenvalue weighted by molar-refractivity contribution is 6.16. The molecule has 0 N–H and O–H groups in total. The molecule has 76 valence electrons. The van der Waals surface area contributed by atoms with E-state index in [0.29, 0.717) is 5.88 Å². The van der Waals surface area contributed by atoms with Gasteiger partial charge in [0.25, 0.3) is 0 Å². The van der Waals surface area contributed by atoms with Crippen LogP contribution in [-0.2, 0) is 5.88 Å². The van der Waals surface area contributed by atoms with E-state index in [4.69, 9.17) is 11.6 Å². The Bertz CT molecular complexity index is 446. The van der Waals surface area contributed by atoms with E-state index in [9.17, 15) is 0 Å². The summed E-state index contributed by atoms with van der Waals surface area (Å²) in [6.07, 6.45) is 7.50. The quantitative estimate of drug-likeness (QED) is 0.724. The molecular weight excluding hydrogens is 208 g/mol. The summed E-state index contributed by atoms with van der Waals surface area (Å²) in [5.74, 6) is 0.471. The Balaban J connectivity index is 2.19. The standard InChI is InChI=1S/C12H11ClN2/c13-8-12-9-14-10-15(12)7-6-11-4-2-1-3-5-11/h1-7,9-10H,8H2. The van der Waals surface area contributed by atoms with E-state index in [1.807, 2.05) is 47.2 Å². The van der Waals surface area contributed by atoms with Crippen molar-refractivity contribution in [2.45, 2.75) is 5.88 Å². The summed E-state index contributed by atoms with van der Waals surface area (Å²) < 4.78 is 1.92. The van der Waals surface area contributed by atoms with Crippen molar-refractivity contribution in [3.05, 3.63) is 54.1 Å². The van der Waals surface area contributed by atoms with E-state index in [0.717, 1.165) is 11.3 Å². The number of nitrogens with zero attached hydrogens (tertiary/aromatic N) is 2. The highest BCUT2D eigenvalue weighted by atomic mass is 35.5. The third-order valence-corrected chi connectivity index (χ3v) is 2.38. The van der Waals surface area contributed by atoms with Crippen LogP contribution >= 0.6 is 11.6 Å². The maximum Gasteiger partial charge on any atom is 0.0989 e. The van der Waals surface area contributed by atoms with Crippen LogP contribution in [0, 0.1) is 0 Å². The molecule has 1 heterocycles. The van der Waals surface area contributed by atoms with E-state index in [1.165, 1.54) is 0 Å². The molecule has 0 spiro atoms. The first kappa shape index (κ1) is 9.99. The Morgan fingerprint density at radius 2 is 2.07 bits per heavy atom. The van der Waals surface area contributed by atoms with Gasteiger partial charge in [0.1, 0.15) is 0 Å². The number of alkyl halides is 1. The number of rotatable bonds is 3. The van der Waals surface area contributed by atoms with Crippen molar-refractivity contribution in [3.63, 3.8) is 0 Å². The second kappa shape index (κ2) is 4.80. The predicted octanol–water partition coefficient (Wildman–Crippen LogP) is 3.25. The van der Waals surface area contributed by atoms with Crippen LogP contribution < -0.4 is 0 Å². The Kier molecular flexibility index (Phi) is 3.20. The maximum absolute atomic E-state index is 5.76. The number of aromatic nitrogens is 2. The molecule has 2 nitrogen and oxygen atoms in total. The molecule has 2 rings (SSSR count). The lowest BCUT2D eigenvalue weighted by atomic mass is 10.2. The molecule has 1 aromatic carbocycles. The summed E-state index contributed by atoms with van der Waals surface area (Å²) in [4.78, 5) is 4.03. The Morgan fingerprint density at radius 3 is 2.80 bits per heavy atom. The van der Waals surface area contributed by atoms with Gasteiger partial charge < -0.3 is 4.57 Å². The van der Waals surface area contributed by atoms with E-state index in [-0.39, 0.29) is 0 Å². The van der Waals surface area contributed by atoms with Gasteiger partial charge in [0.15, 0.2) is 0 Å². The molecule has 0 fully saturated rings. The second-order valence-corrected chi connectivity index (χ2v) is 3.42. The predicted molar refractivity (Wildman–Crippen MR) is 63.5 cm³/mol. The first-order valence-corrected chi connectivity index (χ1v) is 5.23. The molecule has 0 aliphatic carbocycles. The molecule has 0 bridgehead atoms. The Morgan fingerprint density at radius 1 is 1.27 bits per heavy atom. The van der Waals surface area contributed by atoms with Gasteiger partial charge in [-0.05, 0) is 11.6 Å². The van der Waals surface area contributed by atoms with Gasteiger partial charge in [-0.25, -0.2) is 4.98 Å². The van der Waals surface area contributed by atoms with Crippen LogP contribution in [0.2, 0.25) is 0 Å². The fraction of sp³-hybridized carbons (Fsp3) is 0.0833. The molecule has 1 aromatic heterocycles. The number of halogens is 1. The highest BCUT2D eigenvalue weighted by Crippen LogP contribution is 2.07. The molecule has 15 heavy (non-hydrogen) atoms. The maximum atomic E-state index is 5.76. The molecule has 0 saturated carbocycles. The van der Waals surface area contributed by atoms with Crippen LogP contribution in [-0.4, -0.2) is 9.55 Å². The van der Waals surface area contributed by atoms with Crippen molar-refractivity contribution >= 4 is 23.9 Å². The van der Waals surface area contributed by atoms with Gasteiger partial charge in [0.05, 0.1) is 17.9 Å². The summed E-state index contributed by atoms with van der Waals surface area (Å²) >= 11 is 5.76. The smallest absolute Gasteiger partial charge is 0.0989 e. The van der Waals surface area contributed by atoms with Crippen molar-refractivity contribution in [2.75, 3.05) is 0 Å². The van der Waals surface area contributed by atoms with Gasteiger partial charge in [-0.15, -0.1) is 11.6 Å². The monoisotopic (exact) mass is 218 g/mol. The molecule has 3 heteroatoms. The fourth-order valence-electron chi connectivity index (χ4n) is 1.30. The number of benzene rings is 1. The van der Waals surface area contributed by atoms with Gasteiger partial charge in [0.2, 0.25) is 0 Å². The number of hydrogen-bond acceptors (Lipinski definition) is 1. The largest absolute Gasteiger partial charge is 0.309 e. The summed E-state index contributed by atoms with van der Waals surface area (Å²) in [5, 5.41) is 0. The third-order valence-electron chi connectivity index (χ3n) is 2.11. The average Bonchev–Trinajstić information content (AvgIpc) is 2.75. The second-order valence-electron chi connectivity index (χ2n) is 3.15. The van der Waals surface area contributed by atoms with E-state index in [1.54, 1.807) is 12.5 Å².